The van der Waals surface area contributed by atoms with Crippen molar-refractivity contribution in [1.29, 1.82) is 0 Å². The maximum Gasteiger partial charge on any atom is 0.328 e. The molecule has 3 rings (SSSR count). The van der Waals surface area contributed by atoms with Gasteiger partial charge < -0.3 is 5.11 Å². The van der Waals surface area contributed by atoms with Crippen LogP contribution >= 0.6 is 0 Å². The molecule has 0 saturated carbocycles. The van der Waals surface area contributed by atoms with E-state index >= 15 is 0 Å². The Bertz CT molecular complexity index is 747. The zero-order valence-corrected chi connectivity index (χ0v) is 12.7. The third-order valence-electron chi connectivity index (χ3n) is 4.18. The molecule has 0 unspecified atom stereocenters. The van der Waals surface area contributed by atoms with Crippen LogP contribution < -0.4 is 0 Å². The first-order chi connectivity index (χ1) is 10.6. The van der Waals surface area contributed by atoms with E-state index in [1.165, 1.54) is 30.4 Å². The number of hydrogen-bond acceptors (Lipinski definition) is 2. The van der Waals surface area contributed by atoms with Crippen LogP contribution in [-0.2, 0) is 17.6 Å². The first-order valence-corrected chi connectivity index (χ1v) is 7.64. The summed E-state index contributed by atoms with van der Waals surface area (Å²) in [6, 6.07) is 10.5. The molecule has 0 atom stereocenters. The van der Waals surface area contributed by atoms with Crippen molar-refractivity contribution < 1.29 is 9.90 Å². The van der Waals surface area contributed by atoms with Crippen LogP contribution in [0.15, 0.2) is 36.4 Å². The second-order valence-corrected chi connectivity index (χ2v) is 5.73. The van der Waals surface area contributed by atoms with Crippen molar-refractivity contribution >= 4 is 12.0 Å². The van der Waals surface area contributed by atoms with Crippen LogP contribution in [0.3, 0.4) is 0 Å². The smallest absolute Gasteiger partial charge is 0.328 e. The number of hydrogen-bond donors (Lipinski definition) is 1. The highest BCUT2D eigenvalue weighted by Gasteiger charge is 2.11. The monoisotopic (exact) mass is 293 g/mol. The molecule has 2 aromatic rings. The molecular formula is C19H19NO2. The molecule has 0 fully saturated rings. The van der Waals surface area contributed by atoms with Crippen molar-refractivity contribution in [2.45, 2.75) is 32.6 Å². The predicted octanol–water partition coefficient (Wildman–Crippen LogP) is 4.03. The molecule has 1 N–H and O–H groups in total. The molecule has 0 amide bonds. The molecule has 0 saturated heterocycles. The lowest BCUT2D eigenvalue weighted by Gasteiger charge is -2.16. The summed E-state index contributed by atoms with van der Waals surface area (Å²) < 4.78 is 0. The molecule has 112 valence electrons. The van der Waals surface area contributed by atoms with E-state index in [1.54, 1.807) is 6.08 Å². The van der Waals surface area contributed by atoms with Gasteiger partial charge in [0.25, 0.3) is 0 Å². The first-order valence-electron chi connectivity index (χ1n) is 7.64. The van der Waals surface area contributed by atoms with Gasteiger partial charge in [-0.1, -0.05) is 18.2 Å². The van der Waals surface area contributed by atoms with Crippen LogP contribution in [0.25, 0.3) is 17.3 Å². The number of aliphatic carboxylic acids is 1. The molecule has 1 aliphatic carbocycles. The van der Waals surface area contributed by atoms with E-state index in [-0.39, 0.29) is 0 Å². The standard InChI is InChI=1S/C19H19NO2/c1-13-14(9-11-19(21)22)8-10-18(20-13)17-7-6-15-4-2-3-5-16(15)12-17/h6-12H,2-5H2,1H3,(H,21,22)/b11-9+. The van der Waals surface area contributed by atoms with Crippen LogP contribution in [0, 0.1) is 6.92 Å². The minimum Gasteiger partial charge on any atom is -0.478 e. The molecule has 3 nitrogen and oxygen atoms in total. The van der Waals surface area contributed by atoms with Gasteiger partial charge in [-0.25, -0.2) is 4.79 Å². The molecule has 0 spiro atoms. The van der Waals surface area contributed by atoms with Gasteiger partial charge in [-0.15, -0.1) is 0 Å². The topological polar surface area (TPSA) is 50.2 Å². The van der Waals surface area contributed by atoms with Crippen LogP contribution in [-0.4, -0.2) is 16.1 Å². The molecule has 22 heavy (non-hydrogen) atoms. The highest BCUT2D eigenvalue weighted by molar-refractivity contribution is 5.85. The molecule has 0 radical (unpaired) electrons. The first kappa shape index (κ1) is 14.5. The number of aryl methyl sites for hydroxylation is 3. The second kappa shape index (κ2) is 6.14. The summed E-state index contributed by atoms with van der Waals surface area (Å²) in [5.41, 5.74) is 6.67. The number of benzene rings is 1. The van der Waals surface area contributed by atoms with Gasteiger partial charge in [0.1, 0.15) is 0 Å². The highest BCUT2D eigenvalue weighted by Crippen LogP contribution is 2.27. The maximum atomic E-state index is 10.6. The third kappa shape index (κ3) is 3.08. The average Bonchev–Trinajstić information content (AvgIpc) is 2.53. The van der Waals surface area contributed by atoms with Gasteiger partial charge >= 0.3 is 5.97 Å². The van der Waals surface area contributed by atoms with Gasteiger partial charge in [0.05, 0.1) is 5.69 Å². The number of carbonyl (C=O) groups is 1. The van der Waals surface area contributed by atoms with E-state index in [2.05, 4.69) is 23.2 Å². The van der Waals surface area contributed by atoms with Gasteiger partial charge in [0.15, 0.2) is 0 Å². The molecule has 0 aliphatic heterocycles. The van der Waals surface area contributed by atoms with Crippen LogP contribution in [0.1, 0.15) is 35.2 Å². The van der Waals surface area contributed by atoms with E-state index in [4.69, 9.17) is 5.11 Å². The SMILES string of the molecule is Cc1nc(-c2ccc3c(c2)CCCC3)ccc1/C=C/C(=O)O. The number of aromatic nitrogens is 1. The van der Waals surface area contributed by atoms with Crippen molar-refractivity contribution in [1.82, 2.24) is 4.98 Å². The minimum absolute atomic E-state index is 0.837. The Balaban J connectivity index is 1.92. The largest absolute Gasteiger partial charge is 0.478 e. The maximum absolute atomic E-state index is 10.6. The summed E-state index contributed by atoms with van der Waals surface area (Å²) >= 11 is 0. The summed E-state index contributed by atoms with van der Waals surface area (Å²) in [6.07, 6.45) is 7.61. The Labute approximate surface area is 130 Å². The van der Waals surface area contributed by atoms with Crippen molar-refractivity contribution in [2.24, 2.45) is 0 Å². The third-order valence-corrected chi connectivity index (χ3v) is 4.18. The van der Waals surface area contributed by atoms with E-state index < -0.39 is 5.97 Å². The number of fused-ring (bicyclic) bond motifs is 1. The quantitative estimate of drug-likeness (QED) is 0.869. The van der Waals surface area contributed by atoms with Crippen molar-refractivity contribution in [2.75, 3.05) is 0 Å². The fourth-order valence-corrected chi connectivity index (χ4v) is 2.96. The zero-order chi connectivity index (χ0) is 15.5. The summed E-state index contributed by atoms with van der Waals surface area (Å²) in [6.45, 7) is 1.91. The number of nitrogens with zero attached hydrogens (tertiary/aromatic N) is 1. The molecule has 1 aromatic heterocycles. The van der Waals surface area contributed by atoms with Crippen molar-refractivity contribution in [3.05, 3.63) is 58.8 Å². The average molecular weight is 293 g/mol. The number of carboxylic acids is 1. The van der Waals surface area contributed by atoms with Crippen molar-refractivity contribution in [3.63, 3.8) is 0 Å². The van der Waals surface area contributed by atoms with Crippen molar-refractivity contribution in [3.8, 4) is 11.3 Å². The van der Waals surface area contributed by atoms with Gasteiger partial charge in [-0.3, -0.25) is 4.98 Å². The molecular weight excluding hydrogens is 274 g/mol. The van der Waals surface area contributed by atoms with Crippen LogP contribution in [0.2, 0.25) is 0 Å². The minimum atomic E-state index is -0.946. The second-order valence-electron chi connectivity index (χ2n) is 5.73. The summed E-state index contributed by atoms with van der Waals surface area (Å²) in [5.74, 6) is -0.946. The predicted molar refractivity (Wildman–Crippen MR) is 87.7 cm³/mol. The molecule has 1 aliphatic rings. The van der Waals surface area contributed by atoms with E-state index in [0.29, 0.717) is 0 Å². The fourth-order valence-electron chi connectivity index (χ4n) is 2.96. The van der Waals surface area contributed by atoms with E-state index in [9.17, 15) is 4.79 Å². The molecule has 1 heterocycles. The summed E-state index contributed by atoms with van der Waals surface area (Å²) in [7, 11) is 0. The number of pyridine rings is 1. The lowest BCUT2D eigenvalue weighted by Crippen LogP contribution is -2.02. The lowest BCUT2D eigenvalue weighted by molar-refractivity contribution is -0.131. The Hall–Kier alpha value is -2.42. The molecule has 1 aromatic carbocycles. The van der Waals surface area contributed by atoms with E-state index in [0.717, 1.165) is 35.0 Å². The Morgan fingerprint density at radius 1 is 1.14 bits per heavy atom. The van der Waals surface area contributed by atoms with Gasteiger partial charge in [0.2, 0.25) is 0 Å². The molecule has 0 bridgehead atoms. The van der Waals surface area contributed by atoms with Crippen LogP contribution in [0.5, 0.6) is 0 Å². The fraction of sp³-hybridized carbons (Fsp3) is 0.263. The number of carboxylic acid groups (broad SMARTS) is 1. The Kier molecular flexibility index (Phi) is 4.05. The van der Waals surface area contributed by atoms with Gasteiger partial charge in [-0.2, -0.15) is 0 Å². The van der Waals surface area contributed by atoms with E-state index in [1.807, 2.05) is 19.1 Å². The number of rotatable bonds is 3. The lowest BCUT2D eigenvalue weighted by atomic mass is 9.90. The van der Waals surface area contributed by atoms with Gasteiger partial charge in [-0.05, 0) is 67.5 Å². The highest BCUT2D eigenvalue weighted by atomic mass is 16.4. The zero-order valence-electron chi connectivity index (χ0n) is 12.7. The Morgan fingerprint density at radius 3 is 2.64 bits per heavy atom. The normalized spacial score (nSPS) is 14.0. The molecule has 3 heteroatoms. The van der Waals surface area contributed by atoms with Gasteiger partial charge in [0, 0.05) is 17.3 Å². The summed E-state index contributed by atoms with van der Waals surface area (Å²) in [4.78, 5) is 15.2. The Morgan fingerprint density at radius 2 is 1.91 bits per heavy atom. The van der Waals surface area contributed by atoms with Crippen LogP contribution in [0.4, 0.5) is 0 Å². The summed E-state index contributed by atoms with van der Waals surface area (Å²) in [5, 5.41) is 8.70.